The maximum Gasteiger partial charge on any atom is 0.326 e. The lowest BCUT2D eigenvalue weighted by Gasteiger charge is -2.31. The van der Waals surface area contributed by atoms with Gasteiger partial charge in [-0.2, -0.15) is 0 Å². The molecule has 28 nitrogen and oxygen atoms in total. The molecular formula is C49H73N13O15. The molecule has 424 valence electrons. The average Bonchev–Trinajstić information content (AvgIpc) is 3.87. The zero-order chi connectivity index (χ0) is 57.7. The maximum absolute atomic E-state index is 14.2. The first-order valence-electron chi connectivity index (χ1n) is 24.9. The number of rotatable bonds is 30. The number of phenols is 2. The molecule has 77 heavy (non-hydrogen) atoms. The molecule has 1 heterocycles. The minimum absolute atomic E-state index is 0.0324. The summed E-state index contributed by atoms with van der Waals surface area (Å²) in [5.41, 5.74) is 23.1. The summed E-state index contributed by atoms with van der Waals surface area (Å²) in [5.74, 6) is -10.9. The molecule has 20 N–H and O–H groups in total. The van der Waals surface area contributed by atoms with Gasteiger partial charge in [0.25, 0.3) is 0 Å². The number of benzene rings is 2. The Balaban J connectivity index is 1.76. The van der Waals surface area contributed by atoms with Crippen molar-refractivity contribution in [2.75, 3.05) is 19.6 Å². The van der Waals surface area contributed by atoms with E-state index < -0.39 is 133 Å². The van der Waals surface area contributed by atoms with Crippen LogP contribution in [0.2, 0.25) is 0 Å². The molecule has 1 aliphatic heterocycles. The first kappa shape index (κ1) is 63.2. The number of carbonyl (C=O) groups excluding carboxylic acids is 9. The predicted molar refractivity (Wildman–Crippen MR) is 275 cm³/mol. The fourth-order valence-corrected chi connectivity index (χ4v) is 7.97. The van der Waals surface area contributed by atoms with Crippen LogP contribution in [0, 0.1) is 5.92 Å². The van der Waals surface area contributed by atoms with Crippen LogP contribution < -0.4 is 60.2 Å². The van der Waals surface area contributed by atoms with Gasteiger partial charge in [0.05, 0.1) is 31.2 Å². The van der Waals surface area contributed by atoms with E-state index in [-0.39, 0.29) is 68.6 Å². The Kier molecular flexibility index (Phi) is 25.0. The number of nitrogens with one attached hydrogen (secondary N) is 7. The topological polar surface area (TPSA) is 476 Å². The quantitative estimate of drug-likeness (QED) is 0.0198. The summed E-state index contributed by atoms with van der Waals surface area (Å²) < 4.78 is 0. The Morgan fingerprint density at radius 1 is 0.675 bits per heavy atom. The highest BCUT2D eigenvalue weighted by Gasteiger charge is 2.41. The van der Waals surface area contributed by atoms with Crippen LogP contribution in [-0.2, 0) is 60.8 Å². The smallest absolute Gasteiger partial charge is 0.326 e. The van der Waals surface area contributed by atoms with E-state index in [1.807, 2.05) is 6.92 Å². The highest BCUT2D eigenvalue weighted by molar-refractivity contribution is 5.99. The zero-order valence-corrected chi connectivity index (χ0v) is 43.3. The number of carboxylic acid groups (broad SMARTS) is 1. The van der Waals surface area contributed by atoms with Crippen LogP contribution >= 0.6 is 0 Å². The molecule has 1 saturated heterocycles. The molecule has 3 rings (SSSR count). The number of hydrogen-bond donors (Lipinski definition) is 16. The second-order valence-corrected chi connectivity index (χ2v) is 18.8. The summed E-state index contributed by atoms with van der Waals surface area (Å²) >= 11 is 0. The largest absolute Gasteiger partial charge is 0.508 e. The Morgan fingerprint density at radius 2 is 1.19 bits per heavy atom. The van der Waals surface area contributed by atoms with Crippen LogP contribution in [0.15, 0.2) is 53.5 Å². The lowest BCUT2D eigenvalue weighted by Crippen LogP contribution is -2.61. The molecule has 0 saturated carbocycles. The van der Waals surface area contributed by atoms with Crippen molar-refractivity contribution >= 4 is 65.1 Å². The van der Waals surface area contributed by atoms with E-state index in [0.717, 1.165) is 13.8 Å². The Hall–Kier alpha value is -8.11. The highest BCUT2D eigenvalue weighted by Crippen LogP contribution is 2.22. The van der Waals surface area contributed by atoms with Crippen molar-refractivity contribution in [2.24, 2.45) is 33.8 Å². The van der Waals surface area contributed by atoms with Gasteiger partial charge < -0.3 is 90.6 Å². The molecule has 0 radical (unpaired) electrons. The van der Waals surface area contributed by atoms with Crippen molar-refractivity contribution in [1.29, 1.82) is 0 Å². The second kappa shape index (κ2) is 30.4. The minimum Gasteiger partial charge on any atom is -0.508 e. The van der Waals surface area contributed by atoms with Gasteiger partial charge in [-0.1, -0.05) is 44.5 Å². The number of likely N-dealkylation sites (tertiary alicyclic amines) is 1. The van der Waals surface area contributed by atoms with Crippen LogP contribution in [0.25, 0.3) is 0 Å². The minimum atomic E-state index is -1.82. The van der Waals surface area contributed by atoms with Crippen LogP contribution in [0.5, 0.6) is 11.5 Å². The molecule has 1 aliphatic rings. The van der Waals surface area contributed by atoms with E-state index in [0.29, 0.717) is 24.0 Å². The molecule has 0 bridgehead atoms. The number of amides is 9. The lowest BCUT2D eigenvalue weighted by atomic mass is 9.98. The number of aliphatic carboxylic acids is 1. The normalized spacial score (nSPS) is 16.9. The summed E-state index contributed by atoms with van der Waals surface area (Å²) in [6.07, 6.45) is -3.46. The SMILES string of the molecule is CCC(C)C(N)C(=O)NC(Cc1ccc(O)cc1)C(=O)N1CCCC1C(=O)NC(C(=O)NC(CC(N)=O)C(=O)NCC(=O)NC(Cc1ccc(O)cc1)C(=O)NC(C(=O)NC(CCCN=C(N)N)C(=O)O)C(C)O)C(C)O. The van der Waals surface area contributed by atoms with Crippen LogP contribution in [-0.4, -0.2) is 176 Å². The third kappa shape index (κ3) is 20.5. The third-order valence-electron chi connectivity index (χ3n) is 12.6. The van der Waals surface area contributed by atoms with Gasteiger partial charge in [0, 0.05) is 25.9 Å². The number of aliphatic hydroxyl groups excluding tert-OH is 2. The van der Waals surface area contributed by atoms with E-state index in [1.165, 1.54) is 41.3 Å². The van der Waals surface area contributed by atoms with Crippen molar-refractivity contribution in [1.82, 2.24) is 42.1 Å². The van der Waals surface area contributed by atoms with E-state index in [4.69, 9.17) is 22.9 Å². The Labute approximate surface area is 443 Å². The van der Waals surface area contributed by atoms with Gasteiger partial charge in [-0.25, -0.2) is 4.79 Å². The van der Waals surface area contributed by atoms with Crippen molar-refractivity contribution in [3.63, 3.8) is 0 Å². The van der Waals surface area contributed by atoms with E-state index in [2.05, 4.69) is 42.2 Å². The first-order chi connectivity index (χ1) is 36.2. The summed E-state index contributed by atoms with van der Waals surface area (Å²) in [6, 6.07) is -0.499. The summed E-state index contributed by atoms with van der Waals surface area (Å²) in [5, 5.41) is 67.1. The standard InChI is InChI=1S/C49H73N13O15/c1-5-24(2)38(51)44(72)59-34(21-28-12-16-30(66)17-13-28)47(75)62-19-7-9-35(62)43(71)61-40(26(4)64)46(74)58-33(22-36(50)67)41(69)55-23-37(68)56-32(20-27-10-14-29(65)15-11-27)42(70)60-39(25(3)63)45(73)57-31(48(76)77)8-6-18-54-49(52)53/h10-17,24-26,31-35,38-40,63-66H,5-9,18-23,51H2,1-4H3,(H2,50,67)(H,55,69)(H,56,68)(H,57,73)(H,58,74)(H,59,72)(H,60,70)(H,61,71)(H,76,77)(H4,52,53,54). The molecule has 0 aromatic heterocycles. The number of nitrogens with two attached hydrogens (primary N) is 4. The second-order valence-electron chi connectivity index (χ2n) is 18.8. The maximum atomic E-state index is 14.2. The number of aliphatic hydroxyl groups is 2. The third-order valence-corrected chi connectivity index (χ3v) is 12.6. The van der Waals surface area contributed by atoms with Gasteiger partial charge in [-0.3, -0.25) is 48.1 Å². The van der Waals surface area contributed by atoms with E-state index >= 15 is 0 Å². The molecule has 11 atom stereocenters. The van der Waals surface area contributed by atoms with Gasteiger partial charge in [0.2, 0.25) is 53.2 Å². The monoisotopic (exact) mass is 1080 g/mol. The van der Waals surface area contributed by atoms with Crippen LogP contribution in [0.4, 0.5) is 0 Å². The van der Waals surface area contributed by atoms with Crippen molar-refractivity contribution in [3.05, 3.63) is 59.7 Å². The summed E-state index contributed by atoms with van der Waals surface area (Å²) in [7, 11) is 0. The number of phenolic OH excluding ortho intramolecular Hbond substituents is 2. The number of carbonyl (C=O) groups is 10. The van der Waals surface area contributed by atoms with E-state index in [1.54, 1.807) is 19.1 Å². The van der Waals surface area contributed by atoms with Gasteiger partial charge >= 0.3 is 5.97 Å². The van der Waals surface area contributed by atoms with Gasteiger partial charge in [-0.15, -0.1) is 0 Å². The molecule has 2 aromatic rings. The number of aliphatic imine (C=N–C) groups is 1. The summed E-state index contributed by atoms with van der Waals surface area (Å²) in [6.45, 7) is 5.10. The number of aromatic hydroxyl groups is 2. The van der Waals surface area contributed by atoms with Crippen molar-refractivity contribution in [3.8, 4) is 11.5 Å². The fourth-order valence-electron chi connectivity index (χ4n) is 7.97. The molecule has 0 spiro atoms. The van der Waals surface area contributed by atoms with Gasteiger partial charge in [0.1, 0.15) is 53.8 Å². The lowest BCUT2D eigenvalue weighted by molar-refractivity contribution is -0.143. The van der Waals surface area contributed by atoms with E-state index in [9.17, 15) is 73.5 Å². The number of guanidine groups is 1. The zero-order valence-electron chi connectivity index (χ0n) is 43.3. The Morgan fingerprint density at radius 3 is 1.70 bits per heavy atom. The van der Waals surface area contributed by atoms with Crippen LogP contribution in [0.1, 0.15) is 77.3 Å². The molecular weight excluding hydrogens is 1010 g/mol. The molecule has 11 unspecified atom stereocenters. The average molecular weight is 1080 g/mol. The number of nitrogens with zero attached hydrogens (tertiary/aromatic N) is 2. The van der Waals surface area contributed by atoms with Gasteiger partial charge in [-0.05, 0) is 80.8 Å². The molecule has 0 aliphatic carbocycles. The van der Waals surface area contributed by atoms with Crippen molar-refractivity contribution in [2.45, 2.75) is 140 Å². The molecule has 9 amide bonds. The number of carboxylic acids is 1. The van der Waals surface area contributed by atoms with Crippen molar-refractivity contribution < 1.29 is 73.5 Å². The Bertz CT molecular complexity index is 2420. The van der Waals surface area contributed by atoms with Crippen LogP contribution in [0.3, 0.4) is 0 Å². The molecule has 2 aromatic carbocycles. The first-order valence-corrected chi connectivity index (χ1v) is 24.9. The fraction of sp³-hybridized carbons (Fsp3) is 0.531. The predicted octanol–water partition coefficient (Wildman–Crippen LogP) is -4.95. The highest BCUT2D eigenvalue weighted by atomic mass is 16.4. The van der Waals surface area contributed by atoms with Gasteiger partial charge in [0.15, 0.2) is 5.96 Å². The molecule has 1 fully saturated rings. The summed E-state index contributed by atoms with van der Waals surface area (Å²) in [4.78, 5) is 138. The number of primary amides is 1. The number of hydrogen-bond acceptors (Lipinski definition) is 16. The molecule has 28 heteroatoms.